The Morgan fingerprint density at radius 3 is 2.71 bits per heavy atom. The third kappa shape index (κ3) is 4.76. The van der Waals surface area contributed by atoms with Crippen LogP contribution in [-0.2, 0) is 9.53 Å². The second-order valence-corrected chi connectivity index (χ2v) is 11.3. The van der Waals surface area contributed by atoms with Gasteiger partial charge in [-0.2, -0.15) is 0 Å². The SMILES string of the molecule is CCOC(=O)C1=C(C)N=c2s/c(=C\c3ccc(-c4cc(Cl)ccc4C)o3)c(=O)n2C1c1c(OC)ccc2ccccc12. The van der Waals surface area contributed by atoms with Gasteiger partial charge in [0.15, 0.2) is 4.80 Å². The van der Waals surface area contributed by atoms with E-state index in [4.69, 9.17) is 30.5 Å². The lowest BCUT2D eigenvalue weighted by molar-refractivity contribution is -0.139. The van der Waals surface area contributed by atoms with E-state index in [1.165, 1.54) is 11.3 Å². The van der Waals surface area contributed by atoms with Crippen LogP contribution < -0.4 is 19.6 Å². The highest BCUT2D eigenvalue weighted by Crippen LogP contribution is 2.40. The number of halogens is 1. The summed E-state index contributed by atoms with van der Waals surface area (Å²) in [6.45, 7) is 5.68. The Kier molecular flexibility index (Phi) is 7.35. The van der Waals surface area contributed by atoms with Gasteiger partial charge in [0.2, 0.25) is 0 Å². The van der Waals surface area contributed by atoms with Gasteiger partial charge in [0.25, 0.3) is 5.56 Å². The van der Waals surface area contributed by atoms with E-state index >= 15 is 0 Å². The zero-order chi connectivity index (χ0) is 29.5. The van der Waals surface area contributed by atoms with Crippen LogP contribution in [0.5, 0.6) is 5.75 Å². The van der Waals surface area contributed by atoms with E-state index in [1.54, 1.807) is 31.6 Å². The molecule has 2 aromatic heterocycles. The number of ether oxygens (including phenoxy) is 2. The molecule has 3 heterocycles. The van der Waals surface area contributed by atoms with E-state index < -0.39 is 12.0 Å². The van der Waals surface area contributed by atoms with Crippen molar-refractivity contribution in [2.24, 2.45) is 4.99 Å². The Morgan fingerprint density at radius 1 is 1.12 bits per heavy atom. The van der Waals surface area contributed by atoms with E-state index in [0.29, 0.717) is 48.5 Å². The second-order valence-electron chi connectivity index (χ2n) is 9.87. The molecule has 0 bridgehead atoms. The van der Waals surface area contributed by atoms with Crippen LogP contribution in [0.2, 0.25) is 5.02 Å². The molecule has 0 fully saturated rings. The number of aromatic nitrogens is 1. The Morgan fingerprint density at radius 2 is 1.93 bits per heavy atom. The van der Waals surface area contributed by atoms with Crippen LogP contribution in [0.15, 0.2) is 92.2 Å². The standard InChI is InChI=1S/C33H27ClN2O5S/c1-5-40-32(38)28-19(3)35-33-36(30(28)29-23-9-7-6-8-20(23)11-14-26(29)39-4)31(37)27(42-33)17-22-13-15-25(41-22)24-16-21(34)12-10-18(24)2/h6-17,30H,5H2,1-4H3/b27-17-. The van der Waals surface area contributed by atoms with Crippen LogP contribution in [-0.4, -0.2) is 24.3 Å². The number of aryl methyl sites for hydroxylation is 1. The maximum atomic E-state index is 14.2. The van der Waals surface area contributed by atoms with Crippen LogP contribution in [0, 0.1) is 6.92 Å². The molecule has 0 aliphatic carbocycles. The number of allylic oxidation sites excluding steroid dienone is 1. The molecule has 1 aliphatic rings. The lowest BCUT2D eigenvalue weighted by Crippen LogP contribution is -2.40. The number of carbonyl (C=O) groups is 1. The summed E-state index contributed by atoms with van der Waals surface area (Å²) in [7, 11) is 1.58. The lowest BCUT2D eigenvalue weighted by atomic mass is 9.90. The maximum Gasteiger partial charge on any atom is 0.338 e. The molecule has 0 saturated heterocycles. The zero-order valence-electron chi connectivity index (χ0n) is 23.4. The maximum absolute atomic E-state index is 14.2. The van der Waals surface area contributed by atoms with Crippen molar-refractivity contribution in [2.45, 2.75) is 26.8 Å². The second kappa shape index (κ2) is 11.1. The molecule has 7 nitrogen and oxygen atoms in total. The highest BCUT2D eigenvalue weighted by atomic mass is 35.5. The van der Waals surface area contributed by atoms with E-state index in [9.17, 15) is 9.59 Å². The zero-order valence-corrected chi connectivity index (χ0v) is 25.0. The molecule has 6 rings (SSSR count). The fraction of sp³-hybridized carbons (Fsp3) is 0.182. The molecule has 5 aromatic rings. The molecule has 9 heteroatoms. The van der Waals surface area contributed by atoms with E-state index in [-0.39, 0.29) is 12.2 Å². The minimum atomic E-state index is -0.815. The smallest absolute Gasteiger partial charge is 0.338 e. The molecule has 1 aliphatic heterocycles. The average molecular weight is 599 g/mol. The molecular formula is C33H27ClN2O5S. The summed E-state index contributed by atoms with van der Waals surface area (Å²) in [5.41, 5.74) is 3.06. The van der Waals surface area contributed by atoms with Gasteiger partial charge >= 0.3 is 5.97 Å². The van der Waals surface area contributed by atoms with Crippen LogP contribution in [0.3, 0.4) is 0 Å². The molecule has 1 atom stereocenters. The first-order valence-electron chi connectivity index (χ1n) is 13.4. The summed E-state index contributed by atoms with van der Waals surface area (Å²) >= 11 is 7.46. The largest absolute Gasteiger partial charge is 0.496 e. The number of benzene rings is 3. The number of hydrogen-bond acceptors (Lipinski definition) is 7. The third-order valence-electron chi connectivity index (χ3n) is 7.31. The van der Waals surface area contributed by atoms with Gasteiger partial charge in [0, 0.05) is 22.2 Å². The predicted octanol–water partition coefficient (Wildman–Crippen LogP) is 6.18. The molecule has 212 valence electrons. The summed E-state index contributed by atoms with van der Waals surface area (Å²) in [6, 6.07) is 20.1. The monoisotopic (exact) mass is 598 g/mol. The van der Waals surface area contributed by atoms with Crippen LogP contribution in [0.1, 0.15) is 36.8 Å². The first-order valence-corrected chi connectivity index (χ1v) is 14.6. The number of methoxy groups -OCH3 is 1. The van der Waals surface area contributed by atoms with Crippen molar-refractivity contribution in [1.82, 2.24) is 4.57 Å². The molecule has 0 spiro atoms. The first kappa shape index (κ1) is 27.8. The van der Waals surface area contributed by atoms with E-state index in [1.807, 2.05) is 73.7 Å². The molecule has 3 aromatic carbocycles. The Balaban J connectivity index is 1.57. The Labute approximate surface area is 250 Å². The summed E-state index contributed by atoms with van der Waals surface area (Å²) < 4.78 is 19.4. The van der Waals surface area contributed by atoms with Gasteiger partial charge in [0.1, 0.15) is 23.3 Å². The van der Waals surface area contributed by atoms with Crippen molar-refractivity contribution in [3.05, 3.63) is 120 Å². The predicted molar refractivity (Wildman–Crippen MR) is 165 cm³/mol. The Bertz CT molecular complexity index is 2090. The molecule has 0 amide bonds. The van der Waals surface area contributed by atoms with Crippen LogP contribution >= 0.6 is 22.9 Å². The Hall–Kier alpha value is -4.40. The van der Waals surface area contributed by atoms with Gasteiger partial charge in [-0.05, 0) is 67.4 Å². The van der Waals surface area contributed by atoms with E-state index in [0.717, 1.165) is 21.9 Å². The topological polar surface area (TPSA) is 83.0 Å². The molecule has 0 saturated carbocycles. The average Bonchev–Trinajstić information content (AvgIpc) is 3.57. The van der Waals surface area contributed by atoms with Crippen molar-refractivity contribution in [1.29, 1.82) is 0 Å². The van der Waals surface area contributed by atoms with Crippen molar-refractivity contribution < 1.29 is 18.7 Å². The molecular weight excluding hydrogens is 572 g/mol. The van der Waals surface area contributed by atoms with Crippen molar-refractivity contribution >= 4 is 45.8 Å². The minimum absolute atomic E-state index is 0.187. The van der Waals surface area contributed by atoms with Crippen LogP contribution in [0.25, 0.3) is 28.2 Å². The molecule has 0 N–H and O–H groups in total. The fourth-order valence-corrected chi connectivity index (χ4v) is 6.56. The fourth-order valence-electron chi connectivity index (χ4n) is 5.36. The van der Waals surface area contributed by atoms with E-state index in [2.05, 4.69) is 0 Å². The number of furan rings is 1. The molecule has 1 unspecified atom stereocenters. The van der Waals surface area contributed by atoms with Gasteiger partial charge in [-0.25, -0.2) is 9.79 Å². The number of esters is 1. The lowest BCUT2D eigenvalue weighted by Gasteiger charge is -2.27. The number of thiazole rings is 1. The number of rotatable bonds is 6. The van der Waals surface area contributed by atoms with Gasteiger partial charge < -0.3 is 13.9 Å². The summed E-state index contributed by atoms with van der Waals surface area (Å²) in [5.74, 6) is 1.18. The van der Waals surface area contributed by atoms with Gasteiger partial charge in [0.05, 0.1) is 29.5 Å². The normalized spacial score (nSPS) is 15.1. The summed E-state index contributed by atoms with van der Waals surface area (Å²) in [6.07, 6.45) is 1.70. The number of hydrogen-bond donors (Lipinski definition) is 0. The number of nitrogens with zero attached hydrogens (tertiary/aromatic N) is 2. The van der Waals surface area contributed by atoms with Gasteiger partial charge in [-0.3, -0.25) is 9.36 Å². The quantitative estimate of drug-likeness (QED) is 0.218. The van der Waals surface area contributed by atoms with Crippen LogP contribution in [0.4, 0.5) is 0 Å². The van der Waals surface area contributed by atoms with Gasteiger partial charge in [-0.15, -0.1) is 0 Å². The highest BCUT2D eigenvalue weighted by molar-refractivity contribution is 7.07. The summed E-state index contributed by atoms with van der Waals surface area (Å²) in [5, 5.41) is 2.42. The molecule has 0 radical (unpaired) electrons. The first-order chi connectivity index (χ1) is 20.3. The summed E-state index contributed by atoms with van der Waals surface area (Å²) in [4.78, 5) is 32.7. The number of fused-ring (bicyclic) bond motifs is 2. The minimum Gasteiger partial charge on any atom is -0.496 e. The van der Waals surface area contributed by atoms with Crippen molar-refractivity contribution in [2.75, 3.05) is 13.7 Å². The van der Waals surface area contributed by atoms with Crippen molar-refractivity contribution in [3.63, 3.8) is 0 Å². The number of carbonyl (C=O) groups excluding carboxylic acids is 1. The van der Waals surface area contributed by atoms with Crippen molar-refractivity contribution in [3.8, 4) is 17.1 Å². The highest BCUT2D eigenvalue weighted by Gasteiger charge is 2.36. The molecule has 42 heavy (non-hydrogen) atoms. The van der Waals surface area contributed by atoms with Gasteiger partial charge in [-0.1, -0.05) is 59.3 Å². The third-order valence-corrected chi connectivity index (χ3v) is 8.52.